The second kappa shape index (κ2) is 7.56. The molecule has 2 rings (SSSR count). The Labute approximate surface area is 128 Å². The van der Waals surface area contributed by atoms with E-state index in [1.54, 1.807) is 7.11 Å². The molecular weight excluding hydrogens is 268 g/mol. The number of carboxylic acid groups (broad SMARTS) is 1. The third-order valence-corrected chi connectivity index (χ3v) is 5.09. The van der Waals surface area contributed by atoms with Crippen molar-refractivity contribution in [3.8, 4) is 0 Å². The number of methoxy groups -OCH3 is 1. The van der Waals surface area contributed by atoms with Gasteiger partial charge < -0.3 is 14.7 Å². The number of carboxylic acids is 1. The van der Waals surface area contributed by atoms with Gasteiger partial charge in [0.2, 0.25) is 0 Å². The fourth-order valence-electron chi connectivity index (χ4n) is 3.58. The number of likely N-dealkylation sites (N-methyl/N-ethyl adjacent to an activating group) is 1. The zero-order valence-electron chi connectivity index (χ0n) is 13.4. The van der Waals surface area contributed by atoms with Crippen molar-refractivity contribution in [2.75, 3.05) is 33.4 Å². The van der Waals surface area contributed by atoms with E-state index < -0.39 is 11.5 Å². The predicted molar refractivity (Wildman–Crippen MR) is 82.5 cm³/mol. The van der Waals surface area contributed by atoms with Gasteiger partial charge in [-0.2, -0.15) is 0 Å². The monoisotopic (exact) mass is 298 g/mol. The van der Waals surface area contributed by atoms with Crippen molar-refractivity contribution >= 4 is 5.97 Å². The Hall–Kier alpha value is -0.650. The molecule has 0 aromatic carbocycles. The first-order valence-electron chi connectivity index (χ1n) is 8.34. The van der Waals surface area contributed by atoms with Gasteiger partial charge in [-0.25, -0.2) is 0 Å². The molecule has 2 unspecified atom stereocenters. The van der Waals surface area contributed by atoms with Crippen LogP contribution in [0.2, 0.25) is 0 Å². The van der Waals surface area contributed by atoms with E-state index in [0.29, 0.717) is 6.04 Å². The van der Waals surface area contributed by atoms with Crippen LogP contribution >= 0.6 is 0 Å². The summed E-state index contributed by atoms with van der Waals surface area (Å²) >= 11 is 0. The Morgan fingerprint density at radius 1 is 1.38 bits per heavy atom. The van der Waals surface area contributed by atoms with Gasteiger partial charge in [0.1, 0.15) is 5.54 Å². The van der Waals surface area contributed by atoms with Crippen molar-refractivity contribution in [1.29, 1.82) is 0 Å². The highest BCUT2D eigenvalue weighted by Crippen LogP contribution is 2.40. The summed E-state index contributed by atoms with van der Waals surface area (Å²) < 4.78 is 5.14. The smallest absolute Gasteiger partial charge is 0.324 e. The normalized spacial score (nSPS) is 29.2. The first-order chi connectivity index (χ1) is 10.1. The van der Waals surface area contributed by atoms with Crippen molar-refractivity contribution in [2.24, 2.45) is 5.92 Å². The maximum absolute atomic E-state index is 11.9. The van der Waals surface area contributed by atoms with Crippen LogP contribution in [0.25, 0.3) is 0 Å². The lowest BCUT2D eigenvalue weighted by atomic mass is 9.84. The first kappa shape index (κ1) is 16.7. The molecule has 0 heterocycles. The molecule has 2 aliphatic carbocycles. The molecule has 0 saturated heterocycles. The first-order valence-corrected chi connectivity index (χ1v) is 8.34. The van der Waals surface area contributed by atoms with Gasteiger partial charge in [0.25, 0.3) is 0 Å². The van der Waals surface area contributed by atoms with Crippen LogP contribution in [-0.4, -0.2) is 60.9 Å². The largest absolute Gasteiger partial charge is 0.480 e. The molecule has 0 aromatic rings. The summed E-state index contributed by atoms with van der Waals surface area (Å²) in [5, 5.41) is 13.2. The summed E-state index contributed by atoms with van der Waals surface area (Å²) in [7, 11) is 1.72. The molecule has 0 aliphatic heterocycles. The minimum atomic E-state index is -0.665. The van der Waals surface area contributed by atoms with Gasteiger partial charge in [-0.05, 0) is 51.1 Å². The van der Waals surface area contributed by atoms with E-state index in [1.165, 1.54) is 0 Å². The van der Waals surface area contributed by atoms with E-state index in [9.17, 15) is 9.90 Å². The van der Waals surface area contributed by atoms with Crippen LogP contribution in [0, 0.1) is 5.92 Å². The van der Waals surface area contributed by atoms with Gasteiger partial charge in [-0.3, -0.25) is 10.1 Å². The van der Waals surface area contributed by atoms with Gasteiger partial charge in [-0.15, -0.1) is 0 Å². The molecule has 21 heavy (non-hydrogen) atoms. The zero-order chi connectivity index (χ0) is 15.3. The van der Waals surface area contributed by atoms with E-state index >= 15 is 0 Å². The minimum Gasteiger partial charge on any atom is -0.480 e. The summed E-state index contributed by atoms with van der Waals surface area (Å²) in [6.45, 7) is 5.77. The van der Waals surface area contributed by atoms with E-state index in [1.807, 2.05) is 0 Å². The summed E-state index contributed by atoms with van der Waals surface area (Å²) in [4.78, 5) is 14.2. The second-order valence-corrected chi connectivity index (χ2v) is 6.50. The van der Waals surface area contributed by atoms with Crippen molar-refractivity contribution in [2.45, 2.75) is 57.0 Å². The molecule has 2 N–H and O–H groups in total. The van der Waals surface area contributed by atoms with Crippen LogP contribution in [0.4, 0.5) is 0 Å². The molecule has 5 heteroatoms. The Kier molecular flexibility index (Phi) is 6.02. The lowest BCUT2D eigenvalue weighted by molar-refractivity contribution is -0.147. The highest BCUT2D eigenvalue weighted by Gasteiger charge is 2.51. The average molecular weight is 298 g/mol. The van der Waals surface area contributed by atoms with E-state index in [4.69, 9.17) is 4.74 Å². The molecule has 0 spiro atoms. The predicted octanol–water partition coefficient (Wildman–Crippen LogP) is 1.72. The second-order valence-electron chi connectivity index (χ2n) is 6.50. The van der Waals surface area contributed by atoms with Gasteiger partial charge in [-0.1, -0.05) is 13.3 Å². The van der Waals surface area contributed by atoms with E-state index in [2.05, 4.69) is 17.1 Å². The molecule has 0 amide bonds. The number of rotatable bonds is 10. The van der Waals surface area contributed by atoms with Crippen molar-refractivity contribution < 1.29 is 14.6 Å². The van der Waals surface area contributed by atoms with Crippen molar-refractivity contribution in [3.63, 3.8) is 0 Å². The number of ether oxygens (including phenoxy) is 1. The van der Waals surface area contributed by atoms with Crippen molar-refractivity contribution in [1.82, 2.24) is 10.2 Å². The Balaban J connectivity index is 1.91. The molecule has 5 nitrogen and oxygen atoms in total. The molecule has 2 saturated carbocycles. The highest BCUT2D eigenvalue weighted by atomic mass is 16.5. The molecular formula is C16H30N2O3. The maximum Gasteiger partial charge on any atom is 0.324 e. The molecule has 0 aromatic heterocycles. The zero-order valence-corrected chi connectivity index (χ0v) is 13.4. The number of nitrogens with one attached hydrogen (secondary N) is 1. The van der Waals surface area contributed by atoms with Crippen LogP contribution in [0.5, 0.6) is 0 Å². The summed E-state index contributed by atoms with van der Waals surface area (Å²) in [6, 6.07) is 0.442. The maximum atomic E-state index is 11.9. The average Bonchev–Trinajstić information content (AvgIpc) is 3.18. The molecule has 0 radical (unpaired) electrons. The topological polar surface area (TPSA) is 61.8 Å². The number of aliphatic carboxylic acids is 1. The third kappa shape index (κ3) is 4.18. The van der Waals surface area contributed by atoms with E-state index in [-0.39, 0.29) is 5.92 Å². The number of nitrogens with zero attached hydrogens (tertiary/aromatic N) is 1. The fraction of sp³-hybridized carbons (Fsp3) is 0.938. The lowest BCUT2D eigenvalue weighted by Crippen LogP contribution is -2.56. The van der Waals surface area contributed by atoms with Crippen LogP contribution in [0.15, 0.2) is 0 Å². The number of hydrogen-bond donors (Lipinski definition) is 2. The molecule has 122 valence electrons. The van der Waals surface area contributed by atoms with Gasteiger partial charge in [0, 0.05) is 19.7 Å². The Morgan fingerprint density at radius 3 is 2.71 bits per heavy atom. The molecule has 2 aliphatic rings. The summed E-state index contributed by atoms with van der Waals surface area (Å²) in [5.74, 6) is -0.385. The summed E-state index contributed by atoms with van der Waals surface area (Å²) in [6.07, 6.45) is 6.08. The summed E-state index contributed by atoms with van der Waals surface area (Å²) in [5.41, 5.74) is -0.665. The SMILES string of the molecule is CCN(CCOC)CCC1CCCC1(NC1CC1)C(=O)O. The standard InChI is InChI=1S/C16H30N2O3/c1-3-18(11-12-21-2)10-8-13-5-4-9-16(13,15(19)20)17-14-6-7-14/h13-14,17H,3-12H2,1-2H3,(H,19,20). The molecule has 2 fully saturated rings. The van der Waals surface area contributed by atoms with Crippen LogP contribution in [0.1, 0.15) is 45.4 Å². The van der Waals surface area contributed by atoms with E-state index in [0.717, 1.165) is 64.8 Å². The molecule has 2 atom stereocenters. The Bertz CT molecular complexity index is 346. The van der Waals surface area contributed by atoms with Crippen LogP contribution < -0.4 is 5.32 Å². The third-order valence-electron chi connectivity index (χ3n) is 5.09. The van der Waals surface area contributed by atoms with Crippen LogP contribution in [-0.2, 0) is 9.53 Å². The van der Waals surface area contributed by atoms with Gasteiger partial charge >= 0.3 is 5.97 Å². The number of carbonyl (C=O) groups is 1. The Morgan fingerprint density at radius 2 is 2.14 bits per heavy atom. The highest BCUT2D eigenvalue weighted by molar-refractivity contribution is 5.80. The van der Waals surface area contributed by atoms with Crippen LogP contribution in [0.3, 0.4) is 0 Å². The number of hydrogen-bond acceptors (Lipinski definition) is 4. The minimum absolute atomic E-state index is 0.257. The lowest BCUT2D eigenvalue weighted by Gasteiger charge is -2.34. The van der Waals surface area contributed by atoms with Crippen molar-refractivity contribution in [3.05, 3.63) is 0 Å². The van der Waals surface area contributed by atoms with Gasteiger partial charge in [0.15, 0.2) is 0 Å². The molecule has 0 bridgehead atoms. The van der Waals surface area contributed by atoms with Gasteiger partial charge in [0.05, 0.1) is 6.61 Å². The quantitative estimate of drug-likeness (QED) is 0.643. The fourth-order valence-corrected chi connectivity index (χ4v) is 3.58.